The van der Waals surface area contributed by atoms with Crippen molar-refractivity contribution in [2.75, 3.05) is 4.72 Å². The maximum atomic E-state index is 13.5. The van der Waals surface area contributed by atoms with Crippen LogP contribution in [0.15, 0.2) is 45.8 Å². The smallest absolute Gasteiger partial charge is 0.264 e. The molecule has 0 unspecified atom stereocenters. The van der Waals surface area contributed by atoms with Crippen molar-refractivity contribution in [3.8, 4) is 0 Å². The number of nitrogens with one attached hydrogen (secondary N) is 1. The third kappa shape index (κ3) is 3.28. The molecule has 2 rings (SSSR count). The predicted octanol–water partition coefficient (Wildman–Crippen LogP) is 4.18. The van der Waals surface area contributed by atoms with Crippen molar-refractivity contribution in [1.29, 1.82) is 0 Å². The van der Waals surface area contributed by atoms with Gasteiger partial charge in [0.25, 0.3) is 10.0 Å². The van der Waals surface area contributed by atoms with E-state index in [4.69, 9.17) is 11.6 Å². The molecule has 0 saturated heterocycles. The standard InChI is InChI=1S/C12H7BrClF2NO2S/c13-9-3-1-7(14)5-11(9)17-20(18,19)12-6-8(15)2-4-10(12)16/h1-6,17H. The van der Waals surface area contributed by atoms with E-state index in [-0.39, 0.29) is 5.69 Å². The highest BCUT2D eigenvalue weighted by atomic mass is 79.9. The van der Waals surface area contributed by atoms with Gasteiger partial charge in [0.05, 0.1) is 5.69 Å². The van der Waals surface area contributed by atoms with Gasteiger partial charge in [-0.1, -0.05) is 11.6 Å². The summed E-state index contributed by atoms with van der Waals surface area (Å²) in [5, 5.41) is 0.297. The van der Waals surface area contributed by atoms with Crippen LogP contribution in [0.4, 0.5) is 14.5 Å². The summed E-state index contributed by atoms with van der Waals surface area (Å²) in [5.41, 5.74) is 0.126. The average Bonchev–Trinajstić information content (AvgIpc) is 2.36. The molecule has 2 aromatic carbocycles. The summed E-state index contributed by atoms with van der Waals surface area (Å²) < 4.78 is 53.3. The first kappa shape index (κ1) is 15.2. The average molecular weight is 383 g/mol. The lowest BCUT2D eigenvalue weighted by atomic mass is 10.3. The van der Waals surface area contributed by atoms with Crippen LogP contribution in [0.2, 0.25) is 5.02 Å². The molecule has 20 heavy (non-hydrogen) atoms. The quantitative estimate of drug-likeness (QED) is 0.865. The maximum absolute atomic E-state index is 13.5. The fourth-order valence-corrected chi connectivity index (χ4v) is 3.27. The van der Waals surface area contributed by atoms with Gasteiger partial charge in [0, 0.05) is 9.50 Å². The molecule has 0 aliphatic carbocycles. The first-order valence-electron chi connectivity index (χ1n) is 5.22. The first-order valence-corrected chi connectivity index (χ1v) is 7.88. The fourth-order valence-electron chi connectivity index (χ4n) is 1.46. The second-order valence-electron chi connectivity index (χ2n) is 3.80. The Morgan fingerprint density at radius 3 is 2.50 bits per heavy atom. The third-order valence-corrected chi connectivity index (χ3v) is 4.66. The van der Waals surface area contributed by atoms with Crippen molar-refractivity contribution in [3.05, 3.63) is 57.5 Å². The molecule has 0 radical (unpaired) electrons. The minimum Gasteiger partial charge on any atom is -0.278 e. The lowest BCUT2D eigenvalue weighted by Crippen LogP contribution is -2.15. The van der Waals surface area contributed by atoms with Crippen molar-refractivity contribution in [2.45, 2.75) is 4.90 Å². The molecule has 0 spiro atoms. The lowest BCUT2D eigenvalue weighted by Gasteiger charge is -2.10. The first-order chi connectivity index (χ1) is 9.29. The number of anilines is 1. The lowest BCUT2D eigenvalue weighted by molar-refractivity contribution is 0.555. The molecule has 0 aliphatic heterocycles. The molecule has 2 aromatic rings. The SMILES string of the molecule is O=S(=O)(Nc1cc(Cl)ccc1Br)c1cc(F)ccc1F. The summed E-state index contributed by atoms with van der Waals surface area (Å²) >= 11 is 8.89. The summed E-state index contributed by atoms with van der Waals surface area (Å²) in [6, 6.07) is 6.62. The maximum Gasteiger partial charge on any atom is 0.264 e. The van der Waals surface area contributed by atoms with Crippen LogP contribution in [0.3, 0.4) is 0 Å². The normalized spacial score (nSPS) is 11.4. The molecule has 0 aromatic heterocycles. The van der Waals surface area contributed by atoms with Gasteiger partial charge in [0.2, 0.25) is 0 Å². The van der Waals surface area contributed by atoms with Crippen LogP contribution in [0.1, 0.15) is 0 Å². The van der Waals surface area contributed by atoms with E-state index in [2.05, 4.69) is 20.7 Å². The number of halogens is 4. The van der Waals surface area contributed by atoms with Gasteiger partial charge in [-0.3, -0.25) is 4.72 Å². The number of rotatable bonds is 3. The molecule has 0 fully saturated rings. The van der Waals surface area contributed by atoms with Crippen LogP contribution in [0.5, 0.6) is 0 Å². The van der Waals surface area contributed by atoms with Gasteiger partial charge >= 0.3 is 0 Å². The minimum absolute atomic E-state index is 0.126. The highest BCUT2D eigenvalue weighted by molar-refractivity contribution is 9.10. The predicted molar refractivity (Wildman–Crippen MR) is 76.3 cm³/mol. The second-order valence-corrected chi connectivity index (χ2v) is 6.75. The van der Waals surface area contributed by atoms with Gasteiger partial charge in [0.1, 0.15) is 16.5 Å². The Kier molecular flexibility index (Phi) is 4.31. The molecule has 0 heterocycles. The zero-order valence-electron chi connectivity index (χ0n) is 9.70. The molecule has 0 bridgehead atoms. The monoisotopic (exact) mass is 381 g/mol. The second kappa shape index (κ2) is 5.67. The Morgan fingerprint density at radius 2 is 1.80 bits per heavy atom. The van der Waals surface area contributed by atoms with Crippen molar-refractivity contribution >= 4 is 43.2 Å². The number of sulfonamides is 1. The van der Waals surface area contributed by atoms with Crippen LogP contribution in [0, 0.1) is 11.6 Å². The van der Waals surface area contributed by atoms with Gasteiger partial charge in [-0.15, -0.1) is 0 Å². The molecule has 0 atom stereocenters. The Morgan fingerprint density at radius 1 is 1.10 bits per heavy atom. The van der Waals surface area contributed by atoms with Gasteiger partial charge in [-0.2, -0.15) is 0 Å². The molecule has 106 valence electrons. The van der Waals surface area contributed by atoms with Crippen molar-refractivity contribution < 1.29 is 17.2 Å². The van der Waals surface area contributed by atoms with Crippen molar-refractivity contribution in [1.82, 2.24) is 0 Å². The molecular formula is C12H7BrClF2NO2S. The van der Waals surface area contributed by atoms with E-state index in [1.165, 1.54) is 12.1 Å². The highest BCUT2D eigenvalue weighted by Crippen LogP contribution is 2.28. The Balaban J connectivity index is 2.46. The molecule has 0 amide bonds. The molecular weight excluding hydrogens is 376 g/mol. The molecule has 0 aliphatic rings. The number of benzene rings is 2. The van der Waals surface area contributed by atoms with Gasteiger partial charge in [-0.05, 0) is 52.3 Å². The fraction of sp³-hybridized carbons (Fsp3) is 0. The minimum atomic E-state index is -4.26. The summed E-state index contributed by atoms with van der Waals surface area (Å²) in [7, 11) is -4.26. The summed E-state index contributed by atoms with van der Waals surface area (Å²) in [5.74, 6) is -1.89. The number of hydrogen-bond donors (Lipinski definition) is 1. The molecule has 0 saturated carbocycles. The van der Waals surface area contributed by atoms with Crippen molar-refractivity contribution in [3.63, 3.8) is 0 Å². The topological polar surface area (TPSA) is 46.2 Å². The molecule has 3 nitrogen and oxygen atoms in total. The number of hydrogen-bond acceptors (Lipinski definition) is 2. The largest absolute Gasteiger partial charge is 0.278 e. The van der Waals surface area contributed by atoms with E-state index in [9.17, 15) is 17.2 Å². The van der Waals surface area contributed by atoms with E-state index in [0.29, 0.717) is 15.6 Å². The Hall–Kier alpha value is -1.18. The van der Waals surface area contributed by atoms with Gasteiger partial charge in [-0.25, -0.2) is 17.2 Å². The summed E-state index contributed by atoms with van der Waals surface area (Å²) in [4.78, 5) is -0.774. The molecule has 8 heteroatoms. The summed E-state index contributed by atoms with van der Waals surface area (Å²) in [6.45, 7) is 0. The Bertz CT molecular complexity index is 768. The van der Waals surface area contributed by atoms with Crippen LogP contribution in [-0.4, -0.2) is 8.42 Å². The highest BCUT2D eigenvalue weighted by Gasteiger charge is 2.21. The van der Waals surface area contributed by atoms with E-state index in [1.54, 1.807) is 6.07 Å². The van der Waals surface area contributed by atoms with Crippen LogP contribution >= 0.6 is 27.5 Å². The molecule has 1 N–H and O–H groups in total. The van der Waals surface area contributed by atoms with E-state index in [1.807, 2.05) is 0 Å². The van der Waals surface area contributed by atoms with Crippen LogP contribution < -0.4 is 4.72 Å². The zero-order chi connectivity index (χ0) is 14.9. The van der Waals surface area contributed by atoms with Gasteiger partial charge < -0.3 is 0 Å². The van der Waals surface area contributed by atoms with E-state index < -0.39 is 26.6 Å². The zero-order valence-corrected chi connectivity index (χ0v) is 12.9. The van der Waals surface area contributed by atoms with Crippen molar-refractivity contribution in [2.24, 2.45) is 0 Å². The summed E-state index contributed by atoms with van der Waals surface area (Å²) in [6.07, 6.45) is 0. The van der Waals surface area contributed by atoms with Crippen LogP contribution in [-0.2, 0) is 10.0 Å². The van der Waals surface area contributed by atoms with E-state index in [0.717, 1.165) is 12.1 Å². The van der Waals surface area contributed by atoms with Crippen LogP contribution in [0.25, 0.3) is 0 Å². The van der Waals surface area contributed by atoms with E-state index >= 15 is 0 Å². The third-order valence-electron chi connectivity index (χ3n) is 2.36. The Labute approximate surface area is 127 Å². The van der Waals surface area contributed by atoms with Gasteiger partial charge in [0.15, 0.2) is 0 Å².